The molecule has 1 aromatic rings. The molecule has 15 heavy (non-hydrogen) atoms. The van der Waals surface area contributed by atoms with Crippen LogP contribution in [0.2, 0.25) is 0 Å². The Kier molecular flexibility index (Phi) is 3.08. The molecule has 1 saturated carbocycles. The Labute approximate surface area is 96.4 Å². The molecule has 0 spiro atoms. The Hall–Kier alpha value is -0.470. The molecule has 0 heterocycles. The fourth-order valence-electron chi connectivity index (χ4n) is 2.55. The van der Waals surface area contributed by atoms with E-state index in [1.165, 1.54) is 35.3 Å². The number of rotatable bonds is 3. The molecule has 2 heteroatoms. The minimum absolute atomic E-state index is 0.307. The van der Waals surface area contributed by atoms with Crippen LogP contribution in [0, 0.1) is 6.92 Å². The normalized spacial score (nSPS) is 18.6. The van der Waals surface area contributed by atoms with E-state index >= 15 is 0 Å². The van der Waals surface area contributed by atoms with Gasteiger partial charge >= 0.3 is 0 Å². The van der Waals surface area contributed by atoms with Gasteiger partial charge in [0.25, 0.3) is 0 Å². The van der Waals surface area contributed by atoms with E-state index in [4.69, 9.17) is 5.73 Å². The number of thioether (sulfide) groups is 1. The zero-order valence-electron chi connectivity index (χ0n) is 9.55. The van der Waals surface area contributed by atoms with Crippen molar-refractivity contribution in [2.45, 2.75) is 36.5 Å². The zero-order chi connectivity index (χ0) is 10.9. The van der Waals surface area contributed by atoms with E-state index in [1.807, 2.05) is 0 Å². The van der Waals surface area contributed by atoms with Crippen molar-refractivity contribution in [3.63, 3.8) is 0 Å². The van der Waals surface area contributed by atoms with Gasteiger partial charge in [-0.1, -0.05) is 12.5 Å². The second kappa shape index (κ2) is 4.18. The lowest BCUT2D eigenvalue weighted by Gasteiger charge is -2.42. The van der Waals surface area contributed by atoms with Crippen molar-refractivity contribution in [2.75, 3.05) is 12.8 Å². The lowest BCUT2D eigenvalue weighted by atomic mass is 9.63. The Morgan fingerprint density at radius 3 is 2.53 bits per heavy atom. The van der Waals surface area contributed by atoms with E-state index in [0.717, 1.165) is 6.54 Å². The van der Waals surface area contributed by atoms with Gasteiger partial charge in [0.2, 0.25) is 0 Å². The minimum Gasteiger partial charge on any atom is -0.330 e. The van der Waals surface area contributed by atoms with Crippen molar-refractivity contribution in [3.8, 4) is 0 Å². The first-order valence-electron chi connectivity index (χ1n) is 5.57. The number of hydrogen-bond donors (Lipinski definition) is 1. The zero-order valence-corrected chi connectivity index (χ0v) is 10.4. The van der Waals surface area contributed by atoms with E-state index in [9.17, 15) is 0 Å². The largest absolute Gasteiger partial charge is 0.330 e. The van der Waals surface area contributed by atoms with Crippen LogP contribution < -0.4 is 5.73 Å². The molecule has 0 atom stereocenters. The second-order valence-electron chi connectivity index (χ2n) is 4.52. The standard InChI is InChI=1S/C13H19NS/c1-10-8-11(15-2)4-5-12(10)13(9-14)6-3-7-13/h4-5,8H,3,6-7,9,14H2,1-2H3. The third-order valence-corrected chi connectivity index (χ3v) is 4.43. The third kappa shape index (κ3) is 1.81. The SMILES string of the molecule is CSc1ccc(C2(CN)CCC2)c(C)c1. The average Bonchev–Trinajstić information content (AvgIpc) is 2.19. The monoisotopic (exact) mass is 221 g/mol. The summed E-state index contributed by atoms with van der Waals surface area (Å²) >= 11 is 1.80. The predicted molar refractivity (Wildman–Crippen MR) is 67.5 cm³/mol. The maximum atomic E-state index is 5.94. The molecular formula is C13H19NS. The first-order chi connectivity index (χ1) is 7.22. The highest BCUT2D eigenvalue weighted by atomic mass is 32.2. The quantitative estimate of drug-likeness (QED) is 0.794. The number of benzene rings is 1. The minimum atomic E-state index is 0.307. The molecule has 1 nitrogen and oxygen atoms in total. The van der Waals surface area contributed by atoms with E-state index < -0.39 is 0 Å². The summed E-state index contributed by atoms with van der Waals surface area (Å²) in [5.74, 6) is 0. The van der Waals surface area contributed by atoms with Crippen molar-refractivity contribution in [2.24, 2.45) is 5.73 Å². The first kappa shape index (κ1) is 11.0. The summed E-state index contributed by atoms with van der Waals surface area (Å²) in [6, 6.07) is 6.80. The summed E-state index contributed by atoms with van der Waals surface area (Å²) in [4.78, 5) is 1.35. The van der Waals surface area contributed by atoms with Gasteiger partial charge in [-0.05, 0) is 49.3 Å². The fraction of sp³-hybridized carbons (Fsp3) is 0.538. The molecular weight excluding hydrogens is 202 g/mol. The van der Waals surface area contributed by atoms with Crippen LogP contribution >= 0.6 is 11.8 Å². The Bertz CT molecular complexity index is 350. The highest BCUT2D eigenvalue weighted by Gasteiger charge is 2.38. The second-order valence-corrected chi connectivity index (χ2v) is 5.40. The first-order valence-corrected chi connectivity index (χ1v) is 6.79. The molecule has 0 aromatic heterocycles. The van der Waals surface area contributed by atoms with Crippen molar-refractivity contribution in [3.05, 3.63) is 29.3 Å². The summed E-state index contributed by atoms with van der Waals surface area (Å²) in [6.45, 7) is 3.01. The van der Waals surface area contributed by atoms with Crippen LogP contribution in [0.5, 0.6) is 0 Å². The molecule has 0 saturated heterocycles. The Morgan fingerprint density at radius 1 is 1.40 bits per heavy atom. The van der Waals surface area contributed by atoms with Crippen LogP contribution in [0.1, 0.15) is 30.4 Å². The molecule has 1 aliphatic rings. The molecule has 0 aliphatic heterocycles. The highest BCUT2D eigenvalue weighted by molar-refractivity contribution is 7.98. The molecule has 0 bridgehead atoms. The summed E-state index contributed by atoms with van der Waals surface area (Å²) in [5, 5.41) is 0. The fourth-order valence-corrected chi connectivity index (χ4v) is 3.04. The van der Waals surface area contributed by atoms with E-state index in [0.29, 0.717) is 5.41 Å². The Morgan fingerprint density at radius 2 is 2.13 bits per heavy atom. The topological polar surface area (TPSA) is 26.0 Å². The summed E-state index contributed by atoms with van der Waals surface area (Å²) in [7, 11) is 0. The molecule has 0 amide bonds. The van der Waals surface area contributed by atoms with Crippen LogP contribution in [0.25, 0.3) is 0 Å². The average molecular weight is 221 g/mol. The molecule has 0 radical (unpaired) electrons. The van der Waals surface area contributed by atoms with Gasteiger partial charge in [0, 0.05) is 16.9 Å². The van der Waals surface area contributed by atoms with Crippen LogP contribution in [0.4, 0.5) is 0 Å². The number of hydrogen-bond acceptors (Lipinski definition) is 2. The highest BCUT2D eigenvalue weighted by Crippen LogP contribution is 2.44. The molecule has 1 aromatic carbocycles. The molecule has 2 N–H and O–H groups in total. The molecule has 2 rings (SSSR count). The van der Waals surface area contributed by atoms with Crippen molar-refractivity contribution >= 4 is 11.8 Å². The van der Waals surface area contributed by atoms with E-state index in [-0.39, 0.29) is 0 Å². The van der Waals surface area contributed by atoms with Gasteiger partial charge in [0.15, 0.2) is 0 Å². The maximum Gasteiger partial charge on any atom is 0.00782 e. The number of aryl methyl sites for hydroxylation is 1. The Balaban J connectivity index is 2.36. The van der Waals surface area contributed by atoms with Crippen LogP contribution in [-0.2, 0) is 5.41 Å². The van der Waals surface area contributed by atoms with Gasteiger partial charge in [-0.3, -0.25) is 0 Å². The van der Waals surface area contributed by atoms with Crippen molar-refractivity contribution < 1.29 is 0 Å². The maximum absolute atomic E-state index is 5.94. The summed E-state index contributed by atoms with van der Waals surface area (Å²) in [6.07, 6.45) is 5.99. The predicted octanol–water partition coefficient (Wildman–Crippen LogP) is 3.10. The van der Waals surface area contributed by atoms with Crippen LogP contribution in [0.15, 0.2) is 23.1 Å². The molecule has 82 valence electrons. The van der Waals surface area contributed by atoms with Crippen LogP contribution in [-0.4, -0.2) is 12.8 Å². The molecule has 1 fully saturated rings. The molecule has 0 unspecified atom stereocenters. The molecule has 1 aliphatic carbocycles. The van der Waals surface area contributed by atoms with Gasteiger partial charge in [-0.15, -0.1) is 11.8 Å². The summed E-state index contributed by atoms with van der Waals surface area (Å²) in [5.41, 5.74) is 9.13. The lowest BCUT2D eigenvalue weighted by Crippen LogP contribution is -2.42. The van der Waals surface area contributed by atoms with Crippen molar-refractivity contribution in [1.82, 2.24) is 0 Å². The third-order valence-electron chi connectivity index (χ3n) is 3.71. The van der Waals surface area contributed by atoms with Gasteiger partial charge in [0.1, 0.15) is 0 Å². The van der Waals surface area contributed by atoms with E-state index in [1.54, 1.807) is 11.8 Å². The number of nitrogens with two attached hydrogens (primary N) is 1. The van der Waals surface area contributed by atoms with Crippen LogP contribution in [0.3, 0.4) is 0 Å². The smallest absolute Gasteiger partial charge is 0.00782 e. The summed E-state index contributed by atoms with van der Waals surface area (Å²) < 4.78 is 0. The van der Waals surface area contributed by atoms with Gasteiger partial charge in [0.05, 0.1) is 0 Å². The lowest BCUT2D eigenvalue weighted by molar-refractivity contribution is 0.252. The van der Waals surface area contributed by atoms with E-state index in [2.05, 4.69) is 31.4 Å². The van der Waals surface area contributed by atoms with Crippen molar-refractivity contribution in [1.29, 1.82) is 0 Å². The van der Waals surface area contributed by atoms with Gasteiger partial charge in [-0.2, -0.15) is 0 Å². The van der Waals surface area contributed by atoms with Gasteiger partial charge < -0.3 is 5.73 Å². The van der Waals surface area contributed by atoms with Gasteiger partial charge in [-0.25, -0.2) is 0 Å².